The smallest absolute Gasteiger partial charge is 0.239 e. The number of benzene rings is 1. The van der Waals surface area contributed by atoms with Crippen LogP contribution in [-0.4, -0.2) is 79.0 Å². The molecule has 2 saturated heterocycles. The Hall–Kier alpha value is -2.74. The molecule has 1 aromatic carbocycles. The van der Waals surface area contributed by atoms with Gasteiger partial charge >= 0.3 is 0 Å². The van der Waals surface area contributed by atoms with Crippen molar-refractivity contribution in [3.05, 3.63) is 52.5 Å². The van der Waals surface area contributed by atoms with E-state index in [1.54, 1.807) is 12.1 Å². The molecule has 1 unspecified atom stereocenters. The van der Waals surface area contributed by atoms with Crippen molar-refractivity contribution >= 4 is 21.6 Å². The average Bonchev–Trinajstić information content (AvgIpc) is 3.27. The number of hydrogen-bond donors (Lipinski definition) is 1. The predicted molar refractivity (Wildman–Crippen MR) is 128 cm³/mol. The fraction of sp³-hybridized carbons (Fsp3) is 0.500. The number of sulfone groups is 1. The maximum atomic E-state index is 13.3. The third-order valence-electron chi connectivity index (χ3n) is 6.95. The number of anilines is 1. The van der Waals surface area contributed by atoms with Crippen molar-refractivity contribution in [3.63, 3.8) is 0 Å². The van der Waals surface area contributed by atoms with Gasteiger partial charge in [0, 0.05) is 44.5 Å². The molecular weight excluding hydrogens is 457 g/mol. The lowest BCUT2D eigenvalue weighted by Gasteiger charge is -2.37. The van der Waals surface area contributed by atoms with Gasteiger partial charge in [0.05, 0.1) is 23.6 Å². The van der Waals surface area contributed by atoms with Gasteiger partial charge < -0.3 is 9.88 Å². The molecule has 1 aromatic heterocycles. The van der Waals surface area contributed by atoms with E-state index in [-0.39, 0.29) is 35.8 Å². The minimum Gasteiger partial charge on any atom is -0.326 e. The summed E-state index contributed by atoms with van der Waals surface area (Å²) in [6.07, 6.45) is 0.684. The number of nitrogens with zero attached hydrogens (tertiary/aromatic N) is 4. The molecule has 1 amide bonds. The Balaban J connectivity index is 1.40. The Kier molecular flexibility index (Phi) is 7.07. The van der Waals surface area contributed by atoms with Crippen LogP contribution in [0.2, 0.25) is 0 Å². The maximum Gasteiger partial charge on any atom is 0.239 e. The molecule has 8 nitrogen and oxygen atoms in total. The highest BCUT2D eigenvalue weighted by Gasteiger charge is 2.34. The normalized spacial score (nSPS) is 20.8. The summed E-state index contributed by atoms with van der Waals surface area (Å²) in [6.45, 7) is 7.19. The zero-order valence-electron chi connectivity index (χ0n) is 19.6. The lowest BCUT2D eigenvalue weighted by atomic mass is 10.2. The van der Waals surface area contributed by atoms with Gasteiger partial charge in [0.15, 0.2) is 9.84 Å². The van der Waals surface area contributed by atoms with Gasteiger partial charge in [0.25, 0.3) is 0 Å². The molecule has 4 rings (SSSR count). The van der Waals surface area contributed by atoms with Gasteiger partial charge in [-0.15, -0.1) is 0 Å². The van der Waals surface area contributed by atoms with Crippen LogP contribution in [0.1, 0.15) is 28.8 Å². The standard InChI is InChI=1S/C24H30FN5O3S/c1-17-18(2)30(14-19-3-5-20(25)6-4-19)24(22(17)13-26)27-23(31)15-28-8-10-29(11-9-28)21-7-12-34(32,33)16-21/h3-6,21H,7-12,14-16H2,1-2H3,(H,27,31). The van der Waals surface area contributed by atoms with Crippen LogP contribution in [0.4, 0.5) is 10.2 Å². The van der Waals surface area contributed by atoms with Crippen LogP contribution in [-0.2, 0) is 21.2 Å². The van der Waals surface area contributed by atoms with E-state index in [2.05, 4.69) is 16.3 Å². The fourth-order valence-electron chi connectivity index (χ4n) is 4.83. The van der Waals surface area contributed by atoms with Gasteiger partial charge in [-0.1, -0.05) is 12.1 Å². The molecule has 1 N–H and O–H groups in total. The van der Waals surface area contributed by atoms with Crippen molar-refractivity contribution in [1.29, 1.82) is 5.26 Å². The molecule has 0 bridgehead atoms. The minimum absolute atomic E-state index is 0.0832. The summed E-state index contributed by atoms with van der Waals surface area (Å²) >= 11 is 0. The summed E-state index contributed by atoms with van der Waals surface area (Å²) in [4.78, 5) is 17.2. The van der Waals surface area contributed by atoms with Crippen molar-refractivity contribution in [2.45, 2.75) is 32.9 Å². The zero-order chi connectivity index (χ0) is 24.5. The molecule has 1 atom stereocenters. The van der Waals surface area contributed by atoms with Gasteiger partial charge in [-0.2, -0.15) is 5.26 Å². The van der Waals surface area contributed by atoms with Crippen LogP contribution in [0.15, 0.2) is 24.3 Å². The number of carbonyl (C=O) groups excluding carboxylic acids is 1. The number of nitriles is 1. The van der Waals surface area contributed by atoms with Crippen molar-refractivity contribution in [3.8, 4) is 6.07 Å². The molecule has 2 aromatic rings. The number of halogens is 1. The van der Waals surface area contributed by atoms with E-state index in [9.17, 15) is 22.9 Å². The van der Waals surface area contributed by atoms with E-state index < -0.39 is 9.84 Å². The van der Waals surface area contributed by atoms with E-state index >= 15 is 0 Å². The summed E-state index contributed by atoms with van der Waals surface area (Å²) in [5, 5.41) is 12.7. The summed E-state index contributed by atoms with van der Waals surface area (Å²) < 4.78 is 38.7. The van der Waals surface area contributed by atoms with E-state index in [4.69, 9.17) is 0 Å². The Morgan fingerprint density at radius 3 is 2.44 bits per heavy atom. The molecule has 10 heteroatoms. The van der Waals surface area contributed by atoms with Gasteiger partial charge in [-0.05, 0) is 43.5 Å². The van der Waals surface area contributed by atoms with E-state index in [1.807, 2.05) is 23.3 Å². The van der Waals surface area contributed by atoms with Gasteiger partial charge in [-0.25, -0.2) is 12.8 Å². The lowest BCUT2D eigenvalue weighted by molar-refractivity contribution is -0.117. The third-order valence-corrected chi connectivity index (χ3v) is 8.70. The second-order valence-electron chi connectivity index (χ2n) is 9.18. The zero-order valence-corrected chi connectivity index (χ0v) is 20.4. The number of amides is 1. The Morgan fingerprint density at radius 2 is 1.85 bits per heavy atom. The topological polar surface area (TPSA) is 98.4 Å². The van der Waals surface area contributed by atoms with Crippen LogP contribution in [0.25, 0.3) is 0 Å². The molecule has 2 aliphatic rings. The lowest BCUT2D eigenvalue weighted by Crippen LogP contribution is -2.52. The molecule has 0 radical (unpaired) electrons. The van der Waals surface area contributed by atoms with E-state index in [0.29, 0.717) is 37.4 Å². The number of rotatable bonds is 6. The first-order chi connectivity index (χ1) is 16.2. The molecular formula is C24H30FN5O3S. The summed E-state index contributed by atoms with van der Waals surface area (Å²) in [5.74, 6) is 0.435. The number of hydrogen-bond acceptors (Lipinski definition) is 6. The highest BCUT2D eigenvalue weighted by atomic mass is 32.2. The number of piperazine rings is 1. The number of nitrogens with one attached hydrogen (secondary N) is 1. The number of aromatic nitrogens is 1. The Morgan fingerprint density at radius 1 is 1.18 bits per heavy atom. The second-order valence-corrected chi connectivity index (χ2v) is 11.4. The van der Waals surface area contributed by atoms with Crippen LogP contribution in [0.3, 0.4) is 0 Å². The maximum absolute atomic E-state index is 13.3. The van der Waals surface area contributed by atoms with Gasteiger partial charge in [-0.3, -0.25) is 14.6 Å². The Labute approximate surface area is 199 Å². The van der Waals surface area contributed by atoms with Gasteiger partial charge in [0.1, 0.15) is 17.7 Å². The van der Waals surface area contributed by atoms with Crippen molar-refractivity contribution in [2.75, 3.05) is 49.5 Å². The Bertz CT molecular complexity index is 1210. The largest absolute Gasteiger partial charge is 0.326 e. The summed E-state index contributed by atoms with van der Waals surface area (Å²) in [5.41, 5.74) is 2.97. The van der Waals surface area contributed by atoms with Crippen molar-refractivity contribution in [2.24, 2.45) is 0 Å². The highest BCUT2D eigenvalue weighted by molar-refractivity contribution is 7.91. The molecule has 2 aliphatic heterocycles. The summed E-state index contributed by atoms with van der Waals surface area (Å²) in [7, 11) is -2.92. The molecule has 34 heavy (non-hydrogen) atoms. The number of carbonyl (C=O) groups is 1. The highest BCUT2D eigenvalue weighted by Crippen LogP contribution is 2.27. The first kappa shape index (κ1) is 24.4. The van der Waals surface area contributed by atoms with Crippen LogP contribution < -0.4 is 5.32 Å². The molecule has 3 heterocycles. The van der Waals surface area contributed by atoms with Crippen LogP contribution in [0, 0.1) is 31.0 Å². The first-order valence-corrected chi connectivity index (χ1v) is 13.3. The molecule has 182 valence electrons. The van der Waals surface area contributed by atoms with Crippen LogP contribution in [0.5, 0.6) is 0 Å². The average molecular weight is 488 g/mol. The molecule has 0 saturated carbocycles. The summed E-state index contributed by atoms with van der Waals surface area (Å²) in [6, 6.07) is 8.46. The first-order valence-electron chi connectivity index (χ1n) is 11.5. The molecule has 0 spiro atoms. The van der Waals surface area contributed by atoms with Crippen molar-refractivity contribution < 1.29 is 17.6 Å². The molecule has 2 fully saturated rings. The SMILES string of the molecule is Cc1c(C#N)c(NC(=O)CN2CCN(C3CCS(=O)(=O)C3)CC2)n(Cc2ccc(F)cc2)c1C. The predicted octanol–water partition coefficient (Wildman–Crippen LogP) is 1.91. The van der Waals surface area contributed by atoms with E-state index in [1.165, 1.54) is 12.1 Å². The monoisotopic (exact) mass is 487 g/mol. The molecule has 0 aliphatic carbocycles. The minimum atomic E-state index is -2.92. The van der Waals surface area contributed by atoms with Gasteiger partial charge in [0.2, 0.25) is 5.91 Å². The van der Waals surface area contributed by atoms with E-state index in [0.717, 1.165) is 29.9 Å². The fourth-order valence-corrected chi connectivity index (χ4v) is 6.59. The van der Waals surface area contributed by atoms with Crippen LogP contribution >= 0.6 is 0 Å². The van der Waals surface area contributed by atoms with Crippen molar-refractivity contribution in [1.82, 2.24) is 14.4 Å². The third kappa shape index (κ3) is 5.32. The quantitative estimate of drug-likeness (QED) is 0.669. The second kappa shape index (κ2) is 9.86.